The summed E-state index contributed by atoms with van der Waals surface area (Å²) in [4.78, 5) is 39.0. The largest absolute Gasteiger partial charge is 0.481 e. The lowest BCUT2D eigenvalue weighted by Crippen LogP contribution is -2.55. The summed E-state index contributed by atoms with van der Waals surface area (Å²) in [5.41, 5.74) is 0. The van der Waals surface area contributed by atoms with Crippen LogP contribution in [-0.4, -0.2) is 84.3 Å². The second-order valence-electron chi connectivity index (χ2n) is 16.1. The smallest absolute Gasteiger partial charge is 0.300 e. The normalized spacial score (nSPS) is 15.2. The predicted octanol–water partition coefficient (Wildman–Crippen LogP) is 10.3. The van der Waals surface area contributed by atoms with E-state index >= 15 is 0 Å². The number of aliphatic carboxylic acids is 1. The summed E-state index contributed by atoms with van der Waals surface area (Å²) in [5, 5.41) is 17.5. The zero-order chi connectivity index (χ0) is 40.0. The molecule has 55 heavy (non-hydrogen) atoms. The van der Waals surface area contributed by atoms with Gasteiger partial charge in [-0.2, -0.15) is 0 Å². The molecule has 2 rings (SSSR count). The highest BCUT2D eigenvalue weighted by atomic mass is 16.4. The molecule has 0 spiro atoms. The number of carboxylic acids is 1. The molecular formula is C46H87N5O4. The standard InChI is InChI=1S/C44H83N5O2.C2H4O2/c1-3-5-7-9-11-13-15-17-19-21-23-25-27-29-31-33-43(50)45-39-41(48-35-36-48)47-42(49-37-38-49)40-46-44(51)34-32-30-28-26-24-22-20-18-16-14-12-10-8-6-4-2;1-2(3)4/h17-20,41-42,47H,3-16,21-40H2,1-2H3,(H,45,50)(H,46,51);1H3,(H,3,4)/b19-17+,20-18+;. The van der Waals surface area contributed by atoms with Gasteiger partial charge in [0.15, 0.2) is 0 Å². The van der Waals surface area contributed by atoms with Gasteiger partial charge in [0.2, 0.25) is 11.8 Å². The van der Waals surface area contributed by atoms with Gasteiger partial charge < -0.3 is 15.7 Å². The molecule has 0 aromatic rings. The molecule has 2 aliphatic heterocycles. The first kappa shape index (κ1) is 50.8. The van der Waals surface area contributed by atoms with E-state index < -0.39 is 5.97 Å². The van der Waals surface area contributed by atoms with Gasteiger partial charge in [-0.25, -0.2) is 0 Å². The second-order valence-corrected chi connectivity index (χ2v) is 16.1. The molecule has 4 N–H and O–H groups in total. The van der Waals surface area contributed by atoms with Crippen LogP contribution in [0.2, 0.25) is 0 Å². The lowest BCUT2D eigenvalue weighted by molar-refractivity contribution is -0.134. The highest BCUT2D eigenvalue weighted by Gasteiger charge is 2.34. The van der Waals surface area contributed by atoms with Crippen LogP contribution in [0.4, 0.5) is 0 Å². The zero-order valence-corrected chi connectivity index (χ0v) is 36.1. The number of nitrogens with one attached hydrogen (secondary N) is 3. The Morgan fingerprint density at radius 3 is 1.05 bits per heavy atom. The van der Waals surface area contributed by atoms with Crippen LogP contribution in [0.3, 0.4) is 0 Å². The van der Waals surface area contributed by atoms with Gasteiger partial charge in [0.1, 0.15) is 0 Å². The van der Waals surface area contributed by atoms with Crippen molar-refractivity contribution in [2.75, 3.05) is 39.3 Å². The van der Waals surface area contributed by atoms with E-state index in [0.717, 1.165) is 58.8 Å². The number of hydrogen-bond donors (Lipinski definition) is 4. The molecular weight excluding hydrogens is 687 g/mol. The highest BCUT2D eigenvalue weighted by Crippen LogP contribution is 2.15. The van der Waals surface area contributed by atoms with Crippen LogP contribution < -0.4 is 16.0 Å². The number of rotatable bonds is 38. The number of carbonyl (C=O) groups is 3. The predicted molar refractivity (Wildman–Crippen MR) is 232 cm³/mol. The van der Waals surface area contributed by atoms with Gasteiger partial charge in [-0.3, -0.25) is 29.5 Å². The quantitative estimate of drug-likeness (QED) is 0.0281. The molecule has 0 bridgehead atoms. The molecule has 2 unspecified atom stereocenters. The monoisotopic (exact) mass is 774 g/mol. The van der Waals surface area contributed by atoms with Crippen molar-refractivity contribution in [1.29, 1.82) is 0 Å². The Morgan fingerprint density at radius 2 is 0.764 bits per heavy atom. The van der Waals surface area contributed by atoms with Gasteiger partial charge in [-0.05, 0) is 64.2 Å². The average Bonchev–Trinajstić information content (AvgIpc) is 4.09. The Hall–Kier alpha value is -2.23. The third-order valence-corrected chi connectivity index (χ3v) is 10.5. The number of allylic oxidation sites excluding steroid dienone is 4. The average molecular weight is 774 g/mol. The van der Waals surface area contributed by atoms with Crippen LogP contribution in [-0.2, 0) is 14.4 Å². The molecule has 0 saturated carbocycles. The first-order chi connectivity index (χ1) is 26.9. The van der Waals surface area contributed by atoms with Crippen molar-refractivity contribution in [3.63, 3.8) is 0 Å². The van der Waals surface area contributed by atoms with E-state index in [1.165, 1.54) is 141 Å². The lowest BCUT2D eigenvalue weighted by Gasteiger charge is -2.28. The Morgan fingerprint density at radius 1 is 0.491 bits per heavy atom. The summed E-state index contributed by atoms with van der Waals surface area (Å²) in [6.45, 7) is 11.1. The second kappa shape index (κ2) is 37.4. The van der Waals surface area contributed by atoms with E-state index in [1.807, 2.05) is 0 Å². The van der Waals surface area contributed by atoms with E-state index in [1.54, 1.807) is 0 Å². The molecule has 2 aliphatic rings. The molecule has 2 fully saturated rings. The number of amides is 2. The van der Waals surface area contributed by atoms with Crippen molar-refractivity contribution in [2.24, 2.45) is 0 Å². The molecule has 2 atom stereocenters. The fraction of sp³-hybridized carbons (Fsp3) is 0.848. The minimum Gasteiger partial charge on any atom is -0.481 e. The highest BCUT2D eigenvalue weighted by molar-refractivity contribution is 5.76. The maximum absolute atomic E-state index is 12.6. The Kier molecular flexibility index (Phi) is 34.5. The van der Waals surface area contributed by atoms with Crippen LogP contribution in [0.1, 0.15) is 201 Å². The molecule has 9 heteroatoms. The first-order valence-electron chi connectivity index (χ1n) is 23.1. The van der Waals surface area contributed by atoms with Crippen LogP contribution in [0, 0.1) is 0 Å². The van der Waals surface area contributed by atoms with Crippen LogP contribution in [0.15, 0.2) is 24.3 Å². The molecule has 0 aromatic heterocycles. The number of unbranched alkanes of at least 4 members (excludes halogenated alkanes) is 22. The summed E-state index contributed by atoms with van der Waals surface area (Å²) >= 11 is 0. The van der Waals surface area contributed by atoms with E-state index in [4.69, 9.17) is 9.90 Å². The molecule has 0 aliphatic carbocycles. The summed E-state index contributed by atoms with van der Waals surface area (Å²) in [7, 11) is 0. The summed E-state index contributed by atoms with van der Waals surface area (Å²) in [6, 6.07) is 0. The number of carboxylic acid groups (broad SMARTS) is 1. The third kappa shape index (κ3) is 35.9. The third-order valence-electron chi connectivity index (χ3n) is 10.5. The van der Waals surface area contributed by atoms with Gasteiger partial charge in [0.05, 0.1) is 12.3 Å². The molecule has 2 amide bonds. The molecule has 320 valence electrons. The van der Waals surface area contributed by atoms with Gasteiger partial charge in [-0.1, -0.05) is 141 Å². The van der Waals surface area contributed by atoms with E-state index in [9.17, 15) is 9.59 Å². The Bertz CT molecular complexity index is 907. The Balaban J connectivity index is 0.00000359. The topological polar surface area (TPSA) is 114 Å². The van der Waals surface area contributed by atoms with Crippen molar-refractivity contribution in [3.05, 3.63) is 24.3 Å². The lowest BCUT2D eigenvalue weighted by atomic mass is 10.1. The van der Waals surface area contributed by atoms with Crippen molar-refractivity contribution in [2.45, 2.75) is 213 Å². The van der Waals surface area contributed by atoms with Gasteiger partial charge in [-0.15, -0.1) is 0 Å². The minimum absolute atomic E-state index is 0.121. The summed E-state index contributed by atoms with van der Waals surface area (Å²) < 4.78 is 0. The summed E-state index contributed by atoms with van der Waals surface area (Å²) in [5.74, 6) is -0.504. The van der Waals surface area contributed by atoms with Gasteiger partial charge in [0.25, 0.3) is 5.97 Å². The van der Waals surface area contributed by atoms with Crippen molar-refractivity contribution in [1.82, 2.24) is 25.8 Å². The molecule has 0 radical (unpaired) electrons. The van der Waals surface area contributed by atoms with Crippen molar-refractivity contribution >= 4 is 17.8 Å². The fourth-order valence-electron chi connectivity index (χ4n) is 6.86. The van der Waals surface area contributed by atoms with Crippen molar-refractivity contribution in [3.8, 4) is 0 Å². The fourth-order valence-corrected chi connectivity index (χ4v) is 6.86. The number of nitrogens with zero attached hydrogens (tertiary/aromatic N) is 2. The molecule has 0 aromatic carbocycles. The van der Waals surface area contributed by atoms with Crippen LogP contribution in [0.5, 0.6) is 0 Å². The molecule has 9 nitrogen and oxygen atoms in total. The minimum atomic E-state index is -0.833. The van der Waals surface area contributed by atoms with Crippen LogP contribution >= 0.6 is 0 Å². The molecule has 2 heterocycles. The van der Waals surface area contributed by atoms with E-state index in [0.29, 0.717) is 25.9 Å². The molecule has 2 saturated heterocycles. The zero-order valence-electron chi connectivity index (χ0n) is 36.1. The van der Waals surface area contributed by atoms with Crippen molar-refractivity contribution < 1.29 is 19.5 Å². The Labute approximate surface area is 338 Å². The van der Waals surface area contributed by atoms with E-state index in [-0.39, 0.29) is 24.1 Å². The van der Waals surface area contributed by atoms with Crippen LogP contribution in [0.25, 0.3) is 0 Å². The van der Waals surface area contributed by atoms with E-state index in [2.05, 4.69) is 63.9 Å². The summed E-state index contributed by atoms with van der Waals surface area (Å²) in [6.07, 6.45) is 44.0. The first-order valence-corrected chi connectivity index (χ1v) is 23.1. The van der Waals surface area contributed by atoms with Gasteiger partial charge in [0, 0.05) is 59.0 Å². The number of hydrogen-bond acceptors (Lipinski definition) is 6. The van der Waals surface area contributed by atoms with Gasteiger partial charge >= 0.3 is 0 Å². The number of carbonyl (C=O) groups excluding carboxylic acids is 2. The maximum Gasteiger partial charge on any atom is 0.300 e. The maximum atomic E-state index is 12.6. The SMILES string of the molecule is CC(=O)O.CCCCCCCC/C=C/CCCCCCCC(=O)NCC(NC(CNC(=O)CCCCCCC/C=C/CCCCCCCC)N1CC1)N1CC1.